The van der Waals surface area contributed by atoms with Gasteiger partial charge in [-0.3, -0.25) is 4.79 Å². The number of anilines is 2. The van der Waals surface area contributed by atoms with E-state index < -0.39 is 0 Å². The Kier molecular flexibility index (Phi) is 3.33. The largest absolute Gasteiger partial charge is 0.382 e. The van der Waals surface area contributed by atoms with E-state index in [-0.39, 0.29) is 11.6 Å². The molecule has 0 unspecified atom stereocenters. The molecule has 3 N–H and O–H groups in total. The third-order valence-corrected chi connectivity index (χ3v) is 3.56. The average molecular weight is 268 g/mol. The number of hydrogen-bond donors (Lipinski definition) is 2. The molecule has 0 aliphatic heterocycles. The van der Waals surface area contributed by atoms with Gasteiger partial charge in [0, 0.05) is 5.69 Å². The molecule has 0 radical (unpaired) electrons. The Morgan fingerprint density at radius 1 is 1.10 bits per heavy atom. The first kappa shape index (κ1) is 12.6. The Morgan fingerprint density at radius 3 is 2.75 bits per heavy atom. The lowest BCUT2D eigenvalue weighted by atomic mass is 9.90. The summed E-state index contributed by atoms with van der Waals surface area (Å²) >= 11 is 0. The lowest BCUT2D eigenvalue weighted by Gasteiger charge is -2.19. The summed E-state index contributed by atoms with van der Waals surface area (Å²) in [7, 11) is 0. The van der Waals surface area contributed by atoms with Gasteiger partial charge in [0.2, 0.25) is 0 Å². The fraction of sp³-hybridized carbons (Fsp3) is 0.267. The summed E-state index contributed by atoms with van der Waals surface area (Å²) < 4.78 is 0. The molecule has 1 amide bonds. The van der Waals surface area contributed by atoms with E-state index in [4.69, 9.17) is 5.73 Å². The monoisotopic (exact) mass is 268 g/mol. The molecule has 0 atom stereocenters. The molecule has 0 bridgehead atoms. The number of carbonyl (C=O) groups is 1. The number of amides is 1. The summed E-state index contributed by atoms with van der Waals surface area (Å²) in [6, 6.07) is 9.20. The molecule has 0 spiro atoms. The van der Waals surface area contributed by atoms with Crippen molar-refractivity contribution >= 4 is 17.4 Å². The normalized spacial score (nSPS) is 13.6. The van der Waals surface area contributed by atoms with Gasteiger partial charge in [0.1, 0.15) is 5.82 Å². The van der Waals surface area contributed by atoms with Crippen molar-refractivity contribution in [3.05, 3.63) is 47.2 Å². The molecule has 0 fully saturated rings. The zero-order valence-corrected chi connectivity index (χ0v) is 11.1. The molecule has 2 aromatic rings. The molecule has 3 rings (SSSR count). The lowest BCUT2D eigenvalue weighted by Crippen LogP contribution is -2.17. The Hall–Kier alpha value is -2.43. The minimum Gasteiger partial charge on any atom is -0.382 e. The lowest BCUT2D eigenvalue weighted by molar-refractivity contribution is 0.102. The average Bonchev–Trinajstić information content (AvgIpc) is 2.48. The Balaban J connectivity index is 1.84. The van der Waals surface area contributed by atoms with Gasteiger partial charge in [-0.1, -0.05) is 12.1 Å². The predicted octanol–water partition coefficient (Wildman–Crippen LogP) is 2.19. The van der Waals surface area contributed by atoms with Gasteiger partial charge >= 0.3 is 0 Å². The highest BCUT2D eigenvalue weighted by Crippen LogP contribution is 2.28. The number of nitrogen functional groups attached to an aromatic ring is 1. The third kappa shape index (κ3) is 2.47. The second kappa shape index (κ2) is 5.28. The van der Waals surface area contributed by atoms with E-state index in [0.29, 0.717) is 5.82 Å². The highest BCUT2D eigenvalue weighted by Gasteiger charge is 2.15. The number of nitrogens with two attached hydrogens (primary N) is 1. The van der Waals surface area contributed by atoms with Crippen LogP contribution in [0.2, 0.25) is 0 Å². The van der Waals surface area contributed by atoms with Crippen LogP contribution in [0.15, 0.2) is 30.3 Å². The Labute approximate surface area is 117 Å². The van der Waals surface area contributed by atoms with Crippen LogP contribution >= 0.6 is 0 Å². The van der Waals surface area contributed by atoms with Crippen LogP contribution < -0.4 is 11.1 Å². The van der Waals surface area contributed by atoms with E-state index in [1.54, 1.807) is 12.1 Å². The van der Waals surface area contributed by atoms with Gasteiger partial charge in [0.25, 0.3) is 5.91 Å². The van der Waals surface area contributed by atoms with Crippen molar-refractivity contribution in [2.75, 3.05) is 11.1 Å². The molecule has 102 valence electrons. The molecular formula is C15H16N4O. The number of aryl methyl sites for hydroxylation is 1. The van der Waals surface area contributed by atoms with Crippen molar-refractivity contribution in [3.8, 4) is 0 Å². The molecular weight excluding hydrogens is 252 g/mol. The second-order valence-electron chi connectivity index (χ2n) is 4.95. The molecule has 5 heteroatoms. The summed E-state index contributed by atoms with van der Waals surface area (Å²) in [5.74, 6) is 0.0510. The van der Waals surface area contributed by atoms with Crippen molar-refractivity contribution in [2.24, 2.45) is 0 Å². The first-order chi connectivity index (χ1) is 9.74. The number of nitrogens with zero attached hydrogens (tertiary/aromatic N) is 2. The van der Waals surface area contributed by atoms with E-state index in [1.807, 2.05) is 12.1 Å². The van der Waals surface area contributed by atoms with Crippen molar-refractivity contribution < 1.29 is 4.79 Å². The highest BCUT2D eigenvalue weighted by molar-refractivity contribution is 6.03. The van der Waals surface area contributed by atoms with Crippen LogP contribution in [-0.2, 0) is 12.8 Å². The zero-order valence-electron chi connectivity index (χ0n) is 11.1. The van der Waals surface area contributed by atoms with Crippen LogP contribution in [0.5, 0.6) is 0 Å². The maximum Gasteiger partial charge on any atom is 0.276 e. The summed E-state index contributed by atoms with van der Waals surface area (Å²) in [5, 5.41) is 10.4. The van der Waals surface area contributed by atoms with Crippen molar-refractivity contribution in [2.45, 2.75) is 25.7 Å². The number of benzene rings is 1. The van der Waals surface area contributed by atoms with E-state index in [9.17, 15) is 4.79 Å². The summed E-state index contributed by atoms with van der Waals surface area (Å²) in [5.41, 5.74) is 9.19. The van der Waals surface area contributed by atoms with Gasteiger partial charge in [-0.15, -0.1) is 10.2 Å². The summed E-state index contributed by atoms with van der Waals surface area (Å²) in [4.78, 5) is 12.2. The smallest absolute Gasteiger partial charge is 0.276 e. The molecule has 1 heterocycles. The number of carbonyl (C=O) groups excluding carboxylic acids is 1. The van der Waals surface area contributed by atoms with E-state index >= 15 is 0 Å². The molecule has 1 aromatic carbocycles. The van der Waals surface area contributed by atoms with Crippen LogP contribution in [0.1, 0.15) is 34.5 Å². The minimum absolute atomic E-state index is 0.253. The predicted molar refractivity (Wildman–Crippen MR) is 77.5 cm³/mol. The highest BCUT2D eigenvalue weighted by atomic mass is 16.1. The zero-order chi connectivity index (χ0) is 13.9. The maximum atomic E-state index is 12.2. The van der Waals surface area contributed by atoms with Gasteiger partial charge in [-0.05, 0) is 55.0 Å². The number of rotatable bonds is 2. The Morgan fingerprint density at radius 2 is 1.95 bits per heavy atom. The standard InChI is InChI=1S/C15H16N4O/c16-14-9-8-13(18-19-14)15(20)17-12-7-3-5-10-4-1-2-6-11(10)12/h3,5,7-9H,1-2,4,6H2,(H2,16,19)(H,17,20). The van der Waals surface area contributed by atoms with Gasteiger partial charge in [0.15, 0.2) is 5.69 Å². The van der Waals surface area contributed by atoms with Crippen molar-refractivity contribution in [1.82, 2.24) is 10.2 Å². The van der Waals surface area contributed by atoms with Crippen molar-refractivity contribution in [3.63, 3.8) is 0 Å². The second-order valence-corrected chi connectivity index (χ2v) is 4.95. The quantitative estimate of drug-likeness (QED) is 0.874. The van der Waals surface area contributed by atoms with Crippen LogP contribution in [0.4, 0.5) is 11.5 Å². The number of nitrogens with one attached hydrogen (secondary N) is 1. The van der Waals surface area contributed by atoms with E-state index in [1.165, 1.54) is 24.0 Å². The van der Waals surface area contributed by atoms with Crippen LogP contribution in [-0.4, -0.2) is 16.1 Å². The van der Waals surface area contributed by atoms with E-state index in [0.717, 1.165) is 18.5 Å². The first-order valence-electron chi connectivity index (χ1n) is 6.75. The topological polar surface area (TPSA) is 80.9 Å². The molecule has 1 aromatic heterocycles. The van der Waals surface area contributed by atoms with Crippen LogP contribution in [0.3, 0.4) is 0 Å². The SMILES string of the molecule is Nc1ccc(C(=O)Nc2cccc3c2CCCC3)nn1. The number of fused-ring (bicyclic) bond motifs is 1. The molecule has 0 saturated heterocycles. The van der Waals surface area contributed by atoms with Crippen LogP contribution in [0.25, 0.3) is 0 Å². The summed E-state index contributed by atoms with van der Waals surface area (Å²) in [6.45, 7) is 0. The molecule has 1 aliphatic carbocycles. The van der Waals surface area contributed by atoms with E-state index in [2.05, 4.69) is 21.6 Å². The molecule has 5 nitrogen and oxygen atoms in total. The fourth-order valence-corrected chi connectivity index (χ4v) is 2.55. The molecule has 20 heavy (non-hydrogen) atoms. The van der Waals surface area contributed by atoms with Crippen LogP contribution in [0, 0.1) is 0 Å². The van der Waals surface area contributed by atoms with Gasteiger partial charge in [-0.2, -0.15) is 0 Å². The maximum absolute atomic E-state index is 12.2. The summed E-state index contributed by atoms with van der Waals surface area (Å²) in [6.07, 6.45) is 4.48. The van der Waals surface area contributed by atoms with Gasteiger partial charge in [-0.25, -0.2) is 0 Å². The molecule has 1 aliphatic rings. The minimum atomic E-state index is -0.253. The number of hydrogen-bond acceptors (Lipinski definition) is 4. The first-order valence-corrected chi connectivity index (χ1v) is 6.75. The van der Waals surface area contributed by atoms with Gasteiger partial charge in [0.05, 0.1) is 0 Å². The Bertz CT molecular complexity index is 637. The van der Waals surface area contributed by atoms with Gasteiger partial charge < -0.3 is 11.1 Å². The fourth-order valence-electron chi connectivity index (χ4n) is 2.55. The molecule has 0 saturated carbocycles. The van der Waals surface area contributed by atoms with Crippen molar-refractivity contribution in [1.29, 1.82) is 0 Å². The number of aromatic nitrogens is 2. The third-order valence-electron chi connectivity index (χ3n) is 3.56.